The minimum absolute atomic E-state index is 0.240. The highest BCUT2D eigenvalue weighted by molar-refractivity contribution is 5.92. The molecule has 0 radical (unpaired) electrons. The molecule has 1 aromatic rings. The van der Waals surface area contributed by atoms with Gasteiger partial charge in [0.25, 0.3) is 5.91 Å². The summed E-state index contributed by atoms with van der Waals surface area (Å²) in [5.41, 5.74) is 1.79. The second kappa shape index (κ2) is 6.80. The predicted octanol–water partition coefficient (Wildman–Crippen LogP) is 1.22. The van der Waals surface area contributed by atoms with Crippen LogP contribution in [0.1, 0.15) is 37.0 Å². The van der Waals surface area contributed by atoms with E-state index < -0.39 is 5.91 Å². The van der Waals surface area contributed by atoms with Gasteiger partial charge >= 0.3 is 0 Å². The molecule has 0 aliphatic heterocycles. The molecule has 6 nitrogen and oxygen atoms in total. The fourth-order valence-electron chi connectivity index (χ4n) is 1.52. The lowest BCUT2D eigenvalue weighted by atomic mass is 10.3. The van der Waals surface area contributed by atoms with Gasteiger partial charge in [-0.05, 0) is 12.8 Å². The van der Waals surface area contributed by atoms with Crippen molar-refractivity contribution in [2.45, 2.75) is 26.7 Å². The first kappa shape index (κ1) is 13.4. The topological polar surface area (TPSA) is 78.4 Å². The van der Waals surface area contributed by atoms with Crippen LogP contribution in [-0.2, 0) is 0 Å². The monoisotopic (exact) mass is 238 g/mol. The molecular formula is C11H18N4O2. The Kier molecular flexibility index (Phi) is 5.35. The van der Waals surface area contributed by atoms with Crippen LogP contribution in [0.15, 0.2) is 12.4 Å². The first-order valence-electron chi connectivity index (χ1n) is 5.74. The van der Waals surface area contributed by atoms with Gasteiger partial charge in [-0.15, -0.1) is 0 Å². The maximum absolute atomic E-state index is 11.1. The number of nitrogens with zero attached hydrogens (tertiary/aromatic N) is 3. The highest BCUT2D eigenvalue weighted by Gasteiger charge is 2.09. The summed E-state index contributed by atoms with van der Waals surface area (Å²) >= 11 is 0. The Bertz CT molecular complexity index is 347. The molecule has 0 atom stereocenters. The molecule has 6 heteroatoms. The van der Waals surface area contributed by atoms with Crippen LogP contribution in [0.5, 0.6) is 0 Å². The van der Waals surface area contributed by atoms with Crippen LogP contribution in [0, 0.1) is 0 Å². The molecule has 0 saturated heterocycles. The second-order valence-electron chi connectivity index (χ2n) is 3.70. The molecule has 0 spiro atoms. The third kappa shape index (κ3) is 3.67. The van der Waals surface area contributed by atoms with Gasteiger partial charge in [0.2, 0.25) is 5.95 Å². The molecule has 0 saturated carbocycles. The summed E-state index contributed by atoms with van der Waals surface area (Å²) in [7, 11) is 0. The van der Waals surface area contributed by atoms with Gasteiger partial charge in [-0.1, -0.05) is 13.8 Å². The molecule has 0 unspecified atom stereocenters. The van der Waals surface area contributed by atoms with Crippen molar-refractivity contribution >= 4 is 11.9 Å². The van der Waals surface area contributed by atoms with Crippen molar-refractivity contribution < 1.29 is 10.0 Å². The van der Waals surface area contributed by atoms with Gasteiger partial charge in [-0.2, -0.15) is 0 Å². The Morgan fingerprint density at radius 1 is 1.29 bits per heavy atom. The van der Waals surface area contributed by atoms with E-state index in [4.69, 9.17) is 5.21 Å². The molecule has 0 aromatic carbocycles. The number of rotatable bonds is 6. The van der Waals surface area contributed by atoms with Crippen molar-refractivity contribution in [1.82, 2.24) is 15.4 Å². The van der Waals surface area contributed by atoms with Crippen molar-refractivity contribution in [1.29, 1.82) is 0 Å². The smallest absolute Gasteiger partial charge is 0.277 e. The van der Waals surface area contributed by atoms with E-state index in [2.05, 4.69) is 28.7 Å². The third-order valence-electron chi connectivity index (χ3n) is 2.27. The van der Waals surface area contributed by atoms with Crippen LogP contribution in [0.4, 0.5) is 5.95 Å². The zero-order chi connectivity index (χ0) is 12.7. The van der Waals surface area contributed by atoms with E-state index in [0.717, 1.165) is 25.9 Å². The number of carbonyl (C=O) groups is 1. The van der Waals surface area contributed by atoms with Crippen LogP contribution >= 0.6 is 0 Å². The van der Waals surface area contributed by atoms with Gasteiger partial charge in [0, 0.05) is 25.5 Å². The van der Waals surface area contributed by atoms with E-state index >= 15 is 0 Å². The maximum atomic E-state index is 11.1. The highest BCUT2D eigenvalue weighted by Crippen LogP contribution is 2.08. The molecule has 94 valence electrons. The van der Waals surface area contributed by atoms with Gasteiger partial charge in [0.15, 0.2) is 0 Å². The minimum Gasteiger partial charge on any atom is -0.341 e. The van der Waals surface area contributed by atoms with Gasteiger partial charge in [0.05, 0.1) is 5.56 Å². The maximum Gasteiger partial charge on any atom is 0.277 e. The summed E-state index contributed by atoms with van der Waals surface area (Å²) in [5.74, 6) is 0.0114. The van der Waals surface area contributed by atoms with Gasteiger partial charge in [-0.25, -0.2) is 15.4 Å². The molecule has 0 bridgehead atoms. The van der Waals surface area contributed by atoms with Crippen molar-refractivity contribution in [3.8, 4) is 0 Å². The average Bonchev–Trinajstić information content (AvgIpc) is 2.38. The number of hydrogen-bond acceptors (Lipinski definition) is 5. The second-order valence-corrected chi connectivity index (χ2v) is 3.70. The lowest BCUT2D eigenvalue weighted by Gasteiger charge is -2.20. The van der Waals surface area contributed by atoms with Crippen LogP contribution in [0.25, 0.3) is 0 Å². The number of nitrogens with one attached hydrogen (secondary N) is 1. The molecule has 17 heavy (non-hydrogen) atoms. The fourth-order valence-corrected chi connectivity index (χ4v) is 1.52. The molecule has 1 aromatic heterocycles. The molecule has 2 N–H and O–H groups in total. The summed E-state index contributed by atoms with van der Waals surface area (Å²) < 4.78 is 0. The summed E-state index contributed by atoms with van der Waals surface area (Å²) in [6.07, 6.45) is 4.85. The third-order valence-corrected chi connectivity index (χ3v) is 2.27. The van der Waals surface area contributed by atoms with Gasteiger partial charge in [0.1, 0.15) is 0 Å². The average molecular weight is 238 g/mol. The molecule has 1 heterocycles. The van der Waals surface area contributed by atoms with E-state index in [1.54, 1.807) is 5.48 Å². The summed E-state index contributed by atoms with van der Waals surface area (Å²) in [6.45, 7) is 5.96. The standard InChI is InChI=1S/C11H18N4O2/c1-3-5-15(6-4-2)11-12-7-9(8-13-11)10(16)14-17/h7-8,17H,3-6H2,1-2H3,(H,14,16). The van der Waals surface area contributed by atoms with E-state index in [-0.39, 0.29) is 5.56 Å². The van der Waals surface area contributed by atoms with Crippen molar-refractivity contribution in [2.24, 2.45) is 0 Å². The normalized spacial score (nSPS) is 10.1. The van der Waals surface area contributed by atoms with Crippen LogP contribution in [-0.4, -0.2) is 34.2 Å². The molecule has 0 aliphatic carbocycles. The van der Waals surface area contributed by atoms with E-state index in [0.29, 0.717) is 5.95 Å². The summed E-state index contributed by atoms with van der Waals surface area (Å²) in [4.78, 5) is 21.4. The van der Waals surface area contributed by atoms with Gasteiger partial charge in [-0.3, -0.25) is 10.0 Å². The van der Waals surface area contributed by atoms with E-state index in [9.17, 15) is 4.79 Å². The molecule has 1 rings (SSSR count). The molecule has 1 amide bonds. The van der Waals surface area contributed by atoms with Crippen LogP contribution in [0.3, 0.4) is 0 Å². The van der Waals surface area contributed by atoms with Crippen LogP contribution in [0.2, 0.25) is 0 Å². The first-order valence-corrected chi connectivity index (χ1v) is 5.74. The number of anilines is 1. The Morgan fingerprint density at radius 3 is 2.24 bits per heavy atom. The van der Waals surface area contributed by atoms with Crippen molar-refractivity contribution in [2.75, 3.05) is 18.0 Å². The largest absolute Gasteiger partial charge is 0.341 e. The van der Waals surface area contributed by atoms with Gasteiger partial charge < -0.3 is 4.90 Å². The summed E-state index contributed by atoms with van der Waals surface area (Å²) in [6, 6.07) is 0. The molecule has 0 aliphatic rings. The van der Waals surface area contributed by atoms with Crippen LogP contribution < -0.4 is 10.4 Å². The Balaban J connectivity index is 2.80. The number of hydrogen-bond donors (Lipinski definition) is 2. The van der Waals surface area contributed by atoms with Crippen molar-refractivity contribution in [3.63, 3.8) is 0 Å². The molecule has 0 fully saturated rings. The zero-order valence-corrected chi connectivity index (χ0v) is 10.2. The number of amides is 1. The Hall–Kier alpha value is -1.69. The molecular weight excluding hydrogens is 220 g/mol. The minimum atomic E-state index is -0.603. The lowest BCUT2D eigenvalue weighted by molar-refractivity contribution is 0.0705. The zero-order valence-electron chi connectivity index (χ0n) is 10.2. The number of carbonyl (C=O) groups excluding carboxylic acids is 1. The predicted molar refractivity (Wildman–Crippen MR) is 64.1 cm³/mol. The highest BCUT2D eigenvalue weighted by atomic mass is 16.5. The lowest BCUT2D eigenvalue weighted by Crippen LogP contribution is -2.27. The number of hydroxylamine groups is 1. The number of aromatic nitrogens is 2. The summed E-state index contributed by atoms with van der Waals surface area (Å²) in [5, 5.41) is 8.47. The first-order chi connectivity index (χ1) is 8.22. The SMILES string of the molecule is CCCN(CCC)c1ncc(C(=O)NO)cn1. The van der Waals surface area contributed by atoms with Crippen molar-refractivity contribution in [3.05, 3.63) is 18.0 Å². The fraction of sp³-hybridized carbons (Fsp3) is 0.545. The van der Waals surface area contributed by atoms with E-state index in [1.807, 2.05) is 0 Å². The Labute approximate surface area is 101 Å². The van der Waals surface area contributed by atoms with E-state index in [1.165, 1.54) is 12.4 Å². The Morgan fingerprint density at radius 2 is 1.82 bits per heavy atom. The quantitative estimate of drug-likeness (QED) is 0.575.